The quantitative estimate of drug-likeness (QED) is 0.0990. The number of carbonyl (C=O) groups excluding carboxylic acids is 2. The van der Waals surface area contributed by atoms with Gasteiger partial charge in [0.25, 0.3) is 0 Å². The van der Waals surface area contributed by atoms with E-state index < -0.39 is 24.3 Å². The predicted molar refractivity (Wildman–Crippen MR) is 184 cm³/mol. The highest BCUT2D eigenvalue weighted by Crippen LogP contribution is 2.43. The third-order valence-corrected chi connectivity index (χ3v) is 9.25. The number of aliphatic hydroxyl groups is 1. The standard InChI is InChI=1S/C37H39N3O8S/c1-3-46-32(42)20-40-37(45)39-19-28-7-4-5-8-29(28)25-14-16-27(17-15-25)36-47-31(22-49-34-30(35(43)44)9-6-18-38-34)23(2)33(48-36)26-12-10-24(21-41)11-13-26/h4-18,23,31,33,36,41H,3,19-22H2,1-2H3,(H,43,44)(H2,39,40,45)/t23-,31+,33+,36+/m1/s1. The minimum absolute atomic E-state index is 0.0590. The Morgan fingerprint density at radius 2 is 1.65 bits per heavy atom. The molecule has 0 bridgehead atoms. The number of thioether (sulfide) groups is 1. The Bertz CT molecular complexity index is 1730. The Labute approximate surface area is 289 Å². The van der Waals surface area contributed by atoms with E-state index in [1.54, 1.807) is 19.2 Å². The average molecular weight is 686 g/mol. The van der Waals surface area contributed by atoms with Crippen molar-refractivity contribution in [3.8, 4) is 11.1 Å². The van der Waals surface area contributed by atoms with Crippen molar-refractivity contribution in [2.75, 3.05) is 18.9 Å². The molecule has 0 radical (unpaired) electrons. The summed E-state index contributed by atoms with van der Waals surface area (Å²) in [5.74, 6) is -1.18. The van der Waals surface area contributed by atoms with Crippen LogP contribution in [-0.2, 0) is 32.2 Å². The molecule has 0 unspecified atom stereocenters. The van der Waals surface area contributed by atoms with E-state index in [2.05, 4.69) is 15.6 Å². The molecule has 11 nitrogen and oxygen atoms in total. The predicted octanol–water partition coefficient (Wildman–Crippen LogP) is 5.89. The second-order valence-corrected chi connectivity index (χ2v) is 12.4. The highest BCUT2D eigenvalue weighted by Gasteiger charge is 2.38. The molecule has 5 rings (SSSR count). The van der Waals surface area contributed by atoms with Gasteiger partial charge in [0.05, 0.1) is 31.0 Å². The highest BCUT2D eigenvalue weighted by molar-refractivity contribution is 7.99. The van der Waals surface area contributed by atoms with Crippen molar-refractivity contribution in [2.45, 2.75) is 50.5 Å². The lowest BCUT2D eigenvalue weighted by Gasteiger charge is -2.41. The van der Waals surface area contributed by atoms with Gasteiger partial charge in [-0.15, -0.1) is 11.8 Å². The molecule has 2 heterocycles. The van der Waals surface area contributed by atoms with Gasteiger partial charge in [-0.25, -0.2) is 14.6 Å². The second-order valence-electron chi connectivity index (χ2n) is 11.4. The van der Waals surface area contributed by atoms with Gasteiger partial charge in [-0.05, 0) is 46.9 Å². The molecule has 1 saturated heterocycles. The minimum atomic E-state index is -1.04. The number of pyridine rings is 1. The summed E-state index contributed by atoms with van der Waals surface area (Å²) in [6, 6.07) is 25.9. The third-order valence-electron chi connectivity index (χ3n) is 8.16. The molecule has 2 amide bonds. The van der Waals surface area contributed by atoms with Crippen LogP contribution in [0.15, 0.2) is 96.2 Å². The molecule has 0 aliphatic carbocycles. The molecule has 49 heavy (non-hydrogen) atoms. The van der Waals surface area contributed by atoms with Crippen molar-refractivity contribution in [1.82, 2.24) is 15.6 Å². The van der Waals surface area contributed by atoms with E-state index in [1.807, 2.05) is 79.7 Å². The summed E-state index contributed by atoms with van der Waals surface area (Å²) in [4.78, 5) is 39.9. The zero-order valence-electron chi connectivity index (χ0n) is 27.2. The van der Waals surface area contributed by atoms with Crippen LogP contribution in [0.25, 0.3) is 11.1 Å². The normalized spacial score (nSPS) is 18.8. The first kappa shape index (κ1) is 35.6. The fraction of sp³-hybridized carbons (Fsp3) is 0.297. The van der Waals surface area contributed by atoms with Crippen molar-refractivity contribution < 1.29 is 38.8 Å². The first-order chi connectivity index (χ1) is 23.8. The van der Waals surface area contributed by atoms with Crippen LogP contribution in [0.1, 0.15) is 58.9 Å². The van der Waals surface area contributed by atoms with Gasteiger partial charge in [-0.2, -0.15) is 0 Å². The Balaban J connectivity index is 1.33. The van der Waals surface area contributed by atoms with Crippen LogP contribution in [-0.4, -0.2) is 58.2 Å². The molecule has 256 valence electrons. The van der Waals surface area contributed by atoms with Crippen LogP contribution in [0.2, 0.25) is 0 Å². The number of carbonyl (C=O) groups is 3. The van der Waals surface area contributed by atoms with Crippen molar-refractivity contribution in [1.29, 1.82) is 0 Å². The summed E-state index contributed by atoms with van der Waals surface area (Å²) < 4.78 is 18.0. The number of aromatic nitrogens is 1. The summed E-state index contributed by atoms with van der Waals surface area (Å²) in [6.07, 6.45) is 0.229. The largest absolute Gasteiger partial charge is 0.478 e. The average Bonchev–Trinajstić information content (AvgIpc) is 3.13. The topological polar surface area (TPSA) is 156 Å². The number of urea groups is 1. The SMILES string of the molecule is CCOC(=O)CNC(=O)NCc1ccccc1-c1ccc([C@H]2O[C@@H](CSc3ncccc3C(=O)O)[C@@H](C)[C@@H](c3ccc(CO)cc3)O2)cc1. The van der Waals surface area contributed by atoms with Crippen LogP contribution in [0.3, 0.4) is 0 Å². The molecular formula is C37H39N3O8S. The van der Waals surface area contributed by atoms with Crippen molar-refractivity contribution in [3.05, 3.63) is 119 Å². The Hall–Kier alpha value is -4.75. The van der Waals surface area contributed by atoms with E-state index in [9.17, 15) is 24.6 Å². The number of rotatable bonds is 13. The summed E-state index contributed by atoms with van der Waals surface area (Å²) in [6.45, 7) is 3.97. The fourth-order valence-electron chi connectivity index (χ4n) is 5.52. The van der Waals surface area contributed by atoms with Crippen LogP contribution in [0.5, 0.6) is 0 Å². The van der Waals surface area contributed by atoms with Gasteiger partial charge in [0.2, 0.25) is 0 Å². The molecule has 1 aromatic heterocycles. The lowest BCUT2D eigenvalue weighted by Crippen LogP contribution is -2.38. The summed E-state index contributed by atoms with van der Waals surface area (Å²) in [5.41, 5.74) is 5.44. The number of carboxylic acids is 1. The number of hydrogen-bond donors (Lipinski definition) is 4. The zero-order valence-corrected chi connectivity index (χ0v) is 28.0. The van der Waals surface area contributed by atoms with Gasteiger partial charge in [0, 0.05) is 30.0 Å². The van der Waals surface area contributed by atoms with Gasteiger partial charge in [-0.1, -0.05) is 79.7 Å². The Morgan fingerprint density at radius 1 is 0.918 bits per heavy atom. The van der Waals surface area contributed by atoms with Crippen LogP contribution in [0, 0.1) is 5.92 Å². The maximum Gasteiger partial charge on any atom is 0.338 e. The number of aromatic carboxylic acids is 1. The van der Waals surface area contributed by atoms with Crippen molar-refractivity contribution >= 4 is 29.7 Å². The summed E-state index contributed by atoms with van der Waals surface area (Å²) in [5, 5.41) is 24.9. The Morgan fingerprint density at radius 3 is 2.37 bits per heavy atom. The smallest absolute Gasteiger partial charge is 0.338 e. The summed E-state index contributed by atoms with van der Waals surface area (Å²) in [7, 11) is 0. The number of amides is 2. The Kier molecular flexibility index (Phi) is 12.4. The van der Waals surface area contributed by atoms with Crippen LogP contribution < -0.4 is 10.6 Å². The molecule has 1 fully saturated rings. The van der Waals surface area contributed by atoms with E-state index >= 15 is 0 Å². The maximum absolute atomic E-state index is 12.3. The van der Waals surface area contributed by atoms with Gasteiger partial charge in [0.15, 0.2) is 6.29 Å². The molecular weight excluding hydrogens is 646 g/mol. The lowest BCUT2D eigenvalue weighted by atomic mass is 9.91. The van der Waals surface area contributed by atoms with E-state index in [-0.39, 0.29) is 50.0 Å². The molecule has 0 saturated carbocycles. The van der Waals surface area contributed by atoms with E-state index in [0.29, 0.717) is 10.8 Å². The van der Waals surface area contributed by atoms with Gasteiger partial charge in [-0.3, -0.25) is 4.79 Å². The van der Waals surface area contributed by atoms with Gasteiger partial charge < -0.3 is 35.1 Å². The molecule has 12 heteroatoms. The molecule has 0 spiro atoms. The number of nitrogens with one attached hydrogen (secondary N) is 2. The van der Waals surface area contributed by atoms with E-state index in [4.69, 9.17) is 14.2 Å². The molecule has 4 aromatic rings. The van der Waals surface area contributed by atoms with E-state index in [0.717, 1.165) is 33.4 Å². The van der Waals surface area contributed by atoms with Crippen molar-refractivity contribution in [2.24, 2.45) is 5.92 Å². The fourth-order valence-corrected chi connectivity index (χ4v) is 6.67. The van der Waals surface area contributed by atoms with Gasteiger partial charge in [0.1, 0.15) is 11.6 Å². The zero-order chi connectivity index (χ0) is 34.8. The first-order valence-corrected chi connectivity index (χ1v) is 16.9. The van der Waals surface area contributed by atoms with Gasteiger partial charge >= 0.3 is 18.0 Å². The number of carboxylic acid groups (broad SMARTS) is 1. The molecule has 1 aliphatic rings. The maximum atomic E-state index is 12.3. The van der Waals surface area contributed by atoms with Crippen LogP contribution >= 0.6 is 11.8 Å². The molecule has 3 aromatic carbocycles. The number of ether oxygens (including phenoxy) is 3. The monoisotopic (exact) mass is 685 g/mol. The number of nitrogens with zero attached hydrogens (tertiary/aromatic N) is 1. The summed E-state index contributed by atoms with van der Waals surface area (Å²) >= 11 is 1.34. The van der Waals surface area contributed by atoms with Crippen LogP contribution in [0.4, 0.5) is 4.79 Å². The number of benzene rings is 3. The number of esters is 1. The number of aliphatic hydroxyl groups excluding tert-OH is 1. The number of hydrogen-bond acceptors (Lipinski definition) is 9. The van der Waals surface area contributed by atoms with Crippen molar-refractivity contribution in [3.63, 3.8) is 0 Å². The molecule has 1 aliphatic heterocycles. The second kappa shape index (κ2) is 17.1. The molecule has 4 atom stereocenters. The van der Waals surface area contributed by atoms with E-state index in [1.165, 1.54) is 17.8 Å². The lowest BCUT2D eigenvalue weighted by molar-refractivity contribution is -0.268. The molecule has 4 N–H and O–H groups in total. The first-order valence-electron chi connectivity index (χ1n) is 15.9. The highest BCUT2D eigenvalue weighted by atomic mass is 32.2. The third kappa shape index (κ3) is 9.24. The minimum Gasteiger partial charge on any atom is -0.478 e.